The van der Waals surface area contributed by atoms with Crippen molar-refractivity contribution in [3.63, 3.8) is 0 Å². The monoisotopic (exact) mass is 469 g/mol. The number of carboxylic acids is 2. The first-order valence-corrected chi connectivity index (χ1v) is 10.3. The zero-order valence-electron chi connectivity index (χ0n) is 18.2. The van der Waals surface area contributed by atoms with E-state index in [0.717, 1.165) is 0 Å². The summed E-state index contributed by atoms with van der Waals surface area (Å²) in [5.41, 5.74) is 11.4. The van der Waals surface area contributed by atoms with E-state index in [9.17, 15) is 29.1 Å². The summed E-state index contributed by atoms with van der Waals surface area (Å²) in [6, 6.07) is -4.85. The highest BCUT2D eigenvalue weighted by molar-refractivity contribution is 5.94. The fraction of sp³-hybridized carbons (Fsp3) is 0.579. The first-order chi connectivity index (χ1) is 15.5. The maximum absolute atomic E-state index is 12.8. The number of nitrogens with two attached hydrogens (primary N) is 2. The standard InChI is InChI=1S/C19H31N7O7/c1-10(24-17(30)12(21)7-15(27)28)16(29)26-14(6-11-8-22-9-23-11)18(31)25-13(19(32)33)4-2-3-5-20/h8-10,12-14H,2-7,20-21H2,1H3,(H,22,23)(H,24,30)(H,25,31)(H,26,29)(H,27,28)(H,32,33)/t10-,12+,13+,14-/m0/s1. The van der Waals surface area contributed by atoms with Gasteiger partial charge in [-0.15, -0.1) is 0 Å². The van der Waals surface area contributed by atoms with Crippen molar-refractivity contribution in [2.45, 2.75) is 63.2 Å². The van der Waals surface area contributed by atoms with Crippen LogP contribution in [0, 0.1) is 0 Å². The van der Waals surface area contributed by atoms with Crippen LogP contribution in [-0.2, 0) is 30.4 Å². The maximum atomic E-state index is 12.8. The summed E-state index contributed by atoms with van der Waals surface area (Å²) in [4.78, 5) is 66.2. The molecule has 10 N–H and O–H groups in total. The van der Waals surface area contributed by atoms with Gasteiger partial charge < -0.3 is 42.6 Å². The Morgan fingerprint density at radius 1 is 1.03 bits per heavy atom. The van der Waals surface area contributed by atoms with Gasteiger partial charge in [-0.2, -0.15) is 0 Å². The maximum Gasteiger partial charge on any atom is 0.326 e. The molecule has 1 rings (SSSR count). The Morgan fingerprint density at radius 2 is 1.70 bits per heavy atom. The molecule has 14 heteroatoms. The van der Waals surface area contributed by atoms with Crippen molar-refractivity contribution in [2.75, 3.05) is 6.54 Å². The first kappa shape index (κ1) is 27.5. The molecular formula is C19H31N7O7. The highest BCUT2D eigenvalue weighted by Crippen LogP contribution is 2.05. The van der Waals surface area contributed by atoms with Crippen LogP contribution >= 0.6 is 0 Å². The molecule has 0 aliphatic carbocycles. The lowest BCUT2D eigenvalue weighted by Gasteiger charge is -2.23. The van der Waals surface area contributed by atoms with Gasteiger partial charge >= 0.3 is 11.9 Å². The smallest absolute Gasteiger partial charge is 0.326 e. The second-order valence-electron chi connectivity index (χ2n) is 7.46. The molecular weight excluding hydrogens is 438 g/mol. The Kier molecular flexibility index (Phi) is 11.5. The number of hydrogen-bond donors (Lipinski definition) is 8. The molecule has 0 bridgehead atoms. The number of nitrogens with one attached hydrogen (secondary N) is 4. The van der Waals surface area contributed by atoms with E-state index in [-0.39, 0.29) is 12.8 Å². The number of aromatic amines is 1. The number of rotatable bonds is 15. The van der Waals surface area contributed by atoms with Gasteiger partial charge in [0.15, 0.2) is 0 Å². The average Bonchev–Trinajstić information content (AvgIpc) is 3.24. The Labute approximate surface area is 189 Å². The van der Waals surface area contributed by atoms with E-state index < -0.39 is 60.2 Å². The molecule has 33 heavy (non-hydrogen) atoms. The molecule has 0 saturated heterocycles. The van der Waals surface area contributed by atoms with Gasteiger partial charge in [0.05, 0.1) is 18.8 Å². The van der Waals surface area contributed by atoms with Crippen molar-refractivity contribution >= 4 is 29.7 Å². The molecule has 0 unspecified atom stereocenters. The van der Waals surface area contributed by atoms with Crippen LogP contribution in [0.5, 0.6) is 0 Å². The van der Waals surface area contributed by atoms with E-state index in [0.29, 0.717) is 25.1 Å². The van der Waals surface area contributed by atoms with Gasteiger partial charge in [-0.3, -0.25) is 19.2 Å². The second-order valence-corrected chi connectivity index (χ2v) is 7.46. The summed E-state index contributed by atoms with van der Waals surface area (Å²) in [5, 5.41) is 25.3. The van der Waals surface area contributed by atoms with Crippen molar-refractivity contribution in [1.29, 1.82) is 0 Å². The lowest BCUT2D eigenvalue weighted by atomic mass is 10.1. The van der Waals surface area contributed by atoms with Crippen molar-refractivity contribution in [3.05, 3.63) is 18.2 Å². The summed E-state index contributed by atoms with van der Waals surface area (Å²) in [7, 11) is 0. The Balaban J connectivity index is 2.85. The van der Waals surface area contributed by atoms with Crippen LogP contribution in [0.4, 0.5) is 0 Å². The Bertz CT molecular complexity index is 815. The Morgan fingerprint density at radius 3 is 2.24 bits per heavy atom. The van der Waals surface area contributed by atoms with E-state index in [1.165, 1.54) is 19.4 Å². The molecule has 3 amide bonds. The van der Waals surface area contributed by atoms with Crippen LogP contribution in [0.2, 0.25) is 0 Å². The van der Waals surface area contributed by atoms with Crippen LogP contribution in [0.15, 0.2) is 12.5 Å². The third kappa shape index (κ3) is 10.1. The van der Waals surface area contributed by atoms with E-state index >= 15 is 0 Å². The van der Waals surface area contributed by atoms with Crippen LogP contribution in [0.1, 0.15) is 38.3 Å². The topological polar surface area (TPSA) is 243 Å². The molecule has 0 saturated carbocycles. The highest BCUT2D eigenvalue weighted by Gasteiger charge is 2.29. The summed E-state index contributed by atoms with van der Waals surface area (Å²) >= 11 is 0. The fourth-order valence-electron chi connectivity index (χ4n) is 2.81. The van der Waals surface area contributed by atoms with Crippen molar-refractivity contribution in [1.82, 2.24) is 25.9 Å². The average molecular weight is 469 g/mol. The van der Waals surface area contributed by atoms with Crippen molar-refractivity contribution in [3.8, 4) is 0 Å². The number of unbranched alkanes of at least 4 members (excludes halogenated alkanes) is 1. The zero-order valence-corrected chi connectivity index (χ0v) is 18.2. The molecule has 0 spiro atoms. The third-order valence-electron chi connectivity index (χ3n) is 4.66. The van der Waals surface area contributed by atoms with E-state index in [1.807, 2.05) is 0 Å². The Hall–Kier alpha value is -3.52. The van der Waals surface area contributed by atoms with Gasteiger partial charge in [0.25, 0.3) is 0 Å². The van der Waals surface area contributed by atoms with Crippen LogP contribution in [0.3, 0.4) is 0 Å². The minimum Gasteiger partial charge on any atom is -0.481 e. The van der Waals surface area contributed by atoms with Crippen LogP contribution in [0.25, 0.3) is 0 Å². The second kappa shape index (κ2) is 13.8. The molecule has 1 heterocycles. The number of hydrogen-bond acceptors (Lipinski definition) is 8. The number of nitrogens with zero attached hydrogens (tertiary/aromatic N) is 1. The molecule has 0 aliphatic heterocycles. The number of imidazole rings is 1. The molecule has 0 radical (unpaired) electrons. The quantitative estimate of drug-likeness (QED) is 0.125. The van der Waals surface area contributed by atoms with E-state index in [1.54, 1.807) is 0 Å². The van der Waals surface area contributed by atoms with Gasteiger partial charge in [0.2, 0.25) is 17.7 Å². The van der Waals surface area contributed by atoms with Gasteiger partial charge in [-0.05, 0) is 32.7 Å². The van der Waals surface area contributed by atoms with Crippen LogP contribution < -0.4 is 27.4 Å². The third-order valence-corrected chi connectivity index (χ3v) is 4.66. The summed E-state index contributed by atoms with van der Waals surface area (Å²) in [5.74, 6) is -4.83. The zero-order chi connectivity index (χ0) is 25.0. The minimum absolute atomic E-state index is 0.0219. The number of carbonyl (C=O) groups is 5. The number of amides is 3. The van der Waals surface area contributed by atoms with Gasteiger partial charge in [0.1, 0.15) is 18.1 Å². The molecule has 0 aliphatic rings. The van der Waals surface area contributed by atoms with Crippen LogP contribution in [-0.4, -0.2) is 80.6 Å². The first-order valence-electron chi connectivity index (χ1n) is 10.3. The number of H-pyrrole nitrogens is 1. The van der Waals surface area contributed by atoms with E-state index in [2.05, 4.69) is 25.9 Å². The summed E-state index contributed by atoms with van der Waals surface area (Å²) in [6.07, 6.45) is 3.43. The molecule has 14 nitrogen and oxygen atoms in total. The lowest BCUT2D eigenvalue weighted by Crippen LogP contribution is -2.57. The SMILES string of the molecule is C[C@H](NC(=O)[C@H](N)CC(=O)O)C(=O)N[C@@H](Cc1cnc[nH]1)C(=O)N[C@H](CCCCN)C(=O)O. The summed E-state index contributed by atoms with van der Waals surface area (Å²) < 4.78 is 0. The van der Waals surface area contributed by atoms with Crippen molar-refractivity contribution < 1.29 is 34.2 Å². The molecule has 1 aromatic rings. The minimum atomic E-state index is -1.35. The number of carbonyl (C=O) groups excluding carboxylic acids is 3. The molecule has 0 aromatic carbocycles. The molecule has 1 aromatic heterocycles. The predicted molar refractivity (Wildman–Crippen MR) is 115 cm³/mol. The highest BCUT2D eigenvalue weighted by atomic mass is 16.4. The summed E-state index contributed by atoms with van der Waals surface area (Å²) in [6.45, 7) is 1.72. The molecule has 4 atom stereocenters. The van der Waals surface area contributed by atoms with E-state index in [4.69, 9.17) is 16.6 Å². The number of aliphatic carboxylic acids is 2. The number of carboxylic acid groups (broad SMARTS) is 2. The van der Waals surface area contributed by atoms with Gasteiger partial charge in [0, 0.05) is 18.3 Å². The van der Waals surface area contributed by atoms with Gasteiger partial charge in [-0.1, -0.05) is 0 Å². The fourth-order valence-corrected chi connectivity index (χ4v) is 2.81. The lowest BCUT2D eigenvalue weighted by molar-refractivity contribution is -0.142. The largest absolute Gasteiger partial charge is 0.481 e. The normalized spacial score (nSPS) is 14.4. The molecule has 0 fully saturated rings. The number of aromatic nitrogens is 2. The van der Waals surface area contributed by atoms with Crippen molar-refractivity contribution in [2.24, 2.45) is 11.5 Å². The predicted octanol–water partition coefficient (Wildman–Crippen LogP) is -2.56. The van der Waals surface area contributed by atoms with Gasteiger partial charge in [-0.25, -0.2) is 9.78 Å². The molecule has 184 valence electrons.